The van der Waals surface area contributed by atoms with Gasteiger partial charge in [-0.25, -0.2) is 0 Å². The molecule has 2 heteroatoms. The molecule has 0 unspecified atom stereocenters. The number of halogens is 1. The minimum Gasteiger partial charge on any atom is -0.129 e. The van der Waals surface area contributed by atoms with Crippen molar-refractivity contribution in [1.29, 1.82) is 0 Å². The first kappa shape index (κ1) is 11.6. The number of rotatable bonds is 2. The molecular weight excluding hydrogens is 236 g/mol. The van der Waals surface area contributed by atoms with Crippen molar-refractivity contribution in [3.8, 4) is 11.1 Å². The summed E-state index contributed by atoms with van der Waals surface area (Å²) in [5.74, 6) is 0. The maximum absolute atomic E-state index is 6.06. The Bertz CT molecular complexity index is 506. The molecule has 0 aliphatic rings. The lowest BCUT2D eigenvalue weighted by molar-refractivity contribution is 1.39. The van der Waals surface area contributed by atoms with Gasteiger partial charge in [-0.05, 0) is 48.1 Å². The van der Waals surface area contributed by atoms with Crippen molar-refractivity contribution in [3.63, 3.8) is 0 Å². The van der Waals surface area contributed by atoms with Crippen LogP contribution in [-0.2, 0) is 0 Å². The summed E-state index contributed by atoms with van der Waals surface area (Å²) in [6, 6.07) is 14.4. The molecular formula is C14H13ClS. The quantitative estimate of drug-likeness (QED) is 0.671. The van der Waals surface area contributed by atoms with Gasteiger partial charge in [-0.1, -0.05) is 35.9 Å². The van der Waals surface area contributed by atoms with Gasteiger partial charge in [0, 0.05) is 9.92 Å². The van der Waals surface area contributed by atoms with E-state index in [0.29, 0.717) is 0 Å². The highest BCUT2D eigenvalue weighted by molar-refractivity contribution is 7.98. The zero-order chi connectivity index (χ0) is 11.5. The van der Waals surface area contributed by atoms with Crippen molar-refractivity contribution < 1.29 is 0 Å². The number of benzene rings is 2. The second-order valence-electron chi connectivity index (χ2n) is 3.66. The van der Waals surface area contributed by atoms with Crippen LogP contribution in [0.4, 0.5) is 0 Å². The zero-order valence-electron chi connectivity index (χ0n) is 9.33. The first-order chi connectivity index (χ1) is 7.72. The van der Waals surface area contributed by atoms with E-state index in [1.165, 1.54) is 21.6 Å². The first-order valence-electron chi connectivity index (χ1n) is 5.12. The van der Waals surface area contributed by atoms with Gasteiger partial charge >= 0.3 is 0 Å². The van der Waals surface area contributed by atoms with Crippen LogP contribution in [0.2, 0.25) is 5.02 Å². The largest absolute Gasteiger partial charge is 0.129 e. The summed E-state index contributed by atoms with van der Waals surface area (Å²) in [7, 11) is 0. The lowest BCUT2D eigenvalue weighted by Gasteiger charge is -2.10. The van der Waals surface area contributed by atoms with Crippen molar-refractivity contribution >= 4 is 23.4 Å². The average Bonchev–Trinajstić information content (AvgIpc) is 2.32. The molecule has 0 aliphatic heterocycles. The Morgan fingerprint density at radius 1 is 1.00 bits per heavy atom. The van der Waals surface area contributed by atoms with E-state index in [9.17, 15) is 0 Å². The molecule has 0 aliphatic carbocycles. The van der Waals surface area contributed by atoms with Gasteiger partial charge in [-0.2, -0.15) is 0 Å². The fourth-order valence-corrected chi connectivity index (χ4v) is 2.54. The van der Waals surface area contributed by atoms with Gasteiger partial charge in [0.1, 0.15) is 0 Å². The van der Waals surface area contributed by atoms with E-state index in [4.69, 9.17) is 11.6 Å². The molecule has 16 heavy (non-hydrogen) atoms. The molecule has 0 aromatic heterocycles. The van der Waals surface area contributed by atoms with Gasteiger partial charge < -0.3 is 0 Å². The highest BCUT2D eigenvalue weighted by atomic mass is 35.5. The SMILES string of the molecule is CSc1ccccc1-c1cc(Cl)ccc1C. The summed E-state index contributed by atoms with van der Waals surface area (Å²) in [5, 5.41) is 0.788. The van der Waals surface area contributed by atoms with Gasteiger partial charge in [-0.3, -0.25) is 0 Å². The normalized spacial score (nSPS) is 10.4. The highest BCUT2D eigenvalue weighted by Crippen LogP contribution is 2.33. The number of thioether (sulfide) groups is 1. The van der Waals surface area contributed by atoms with Crippen LogP contribution in [0.15, 0.2) is 47.4 Å². The van der Waals surface area contributed by atoms with Crippen molar-refractivity contribution in [2.45, 2.75) is 11.8 Å². The molecule has 2 aromatic carbocycles. The second kappa shape index (κ2) is 4.94. The molecule has 0 saturated heterocycles. The number of hydrogen-bond acceptors (Lipinski definition) is 1. The molecule has 2 aromatic rings. The van der Waals surface area contributed by atoms with E-state index in [0.717, 1.165) is 5.02 Å². The van der Waals surface area contributed by atoms with Crippen LogP contribution < -0.4 is 0 Å². The minimum absolute atomic E-state index is 0.788. The lowest BCUT2D eigenvalue weighted by Crippen LogP contribution is -1.85. The fourth-order valence-electron chi connectivity index (χ4n) is 1.75. The van der Waals surface area contributed by atoms with Crippen LogP contribution in [-0.4, -0.2) is 6.26 Å². The molecule has 0 heterocycles. The topological polar surface area (TPSA) is 0 Å². The van der Waals surface area contributed by atoms with E-state index in [2.05, 4.69) is 43.5 Å². The summed E-state index contributed by atoms with van der Waals surface area (Å²) in [5.41, 5.74) is 3.73. The number of hydrogen-bond donors (Lipinski definition) is 0. The Morgan fingerprint density at radius 3 is 2.50 bits per heavy atom. The molecule has 0 radical (unpaired) electrons. The third kappa shape index (κ3) is 2.26. The lowest BCUT2D eigenvalue weighted by atomic mass is 10.0. The van der Waals surface area contributed by atoms with Gasteiger partial charge in [0.15, 0.2) is 0 Å². The summed E-state index contributed by atoms with van der Waals surface area (Å²) in [6.45, 7) is 2.11. The molecule has 0 amide bonds. The van der Waals surface area contributed by atoms with E-state index in [1.807, 2.05) is 12.1 Å². The first-order valence-corrected chi connectivity index (χ1v) is 6.72. The molecule has 2 rings (SSSR count). The van der Waals surface area contributed by atoms with E-state index in [-0.39, 0.29) is 0 Å². The smallest absolute Gasteiger partial charge is 0.0412 e. The van der Waals surface area contributed by atoms with Crippen LogP contribution in [0.25, 0.3) is 11.1 Å². The highest BCUT2D eigenvalue weighted by Gasteiger charge is 2.06. The Morgan fingerprint density at radius 2 is 1.75 bits per heavy atom. The molecule has 0 bridgehead atoms. The zero-order valence-corrected chi connectivity index (χ0v) is 10.9. The van der Waals surface area contributed by atoms with E-state index >= 15 is 0 Å². The average molecular weight is 249 g/mol. The predicted octanol–water partition coefficient (Wildman–Crippen LogP) is 5.04. The summed E-state index contributed by atoms with van der Waals surface area (Å²) in [4.78, 5) is 1.29. The van der Waals surface area contributed by atoms with Gasteiger partial charge in [0.25, 0.3) is 0 Å². The van der Waals surface area contributed by atoms with Crippen LogP contribution in [0.5, 0.6) is 0 Å². The standard InChI is InChI=1S/C14H13ClS/c1-10-7-8-11(15)9-13(10)12-5-3-4-6-14(12)16-2/h3-9H,1-2H3. The van der Waals surface area contributed by atoms with E-state index < -0.39 is 0 Å². The van der Waals surface area contributed by atoms with Crippen molar-refractivity contribution in [1.82, 2.24) is 0 Å². The van der Waals surface area contributed by atoms with Crippen LogP contribution in [0.1, 0.15) is 5.56 Å². The van der Waals surface area contributed by atoms with Gasteiger partial charge in [0.05, 0.1) is 0 Å². The molecule has 0 saturated carbocycles. The Hall–Kier alpha value is -0.920. The van der Waals surface area contributed by atoms with Gasteiger partial charge in [-0.15, -0.1) is 11.8 Å². The molecule has 0 nitrogen and oxygen atoms in total. The third-order valence-corrected chi connectivity index (χ3v) is 3.63. The Balaban J connectivity index is 2.62. The molecule has 0 spiro atoms. The second-order valence-corrected chi connectivity index (χ2v) is 4.94. The number of aryl methyl sites for hydroxylation is 1. The maximum atomic E-state index is 6.06. The van der Waals surface area contributed by atoms with E-state index in [1.54, 1.807) is 11.8 Å². The van der Waals surface area contributed by atoms with Crippen molar-refractivity contribution in [2.75, 3.05) is 6.26 Å². The fraction of sp³-hybridized carbons (Fsp3) is 0.143. The summed E-state index contributed by atoms with van der Waals surface area (Å²) in [6.07, 6.45) is 2.10. The summed E-state index contributed by atoms with van der Waals surface area (Å²) < 4.78 is 0. The Labute approximate surface area is 106 Å². The Kier molecular flexibility index (Phi) is 3.57. The van der Waals surface area contributed by atoms with Gasteiger partial charge in [0.2, 0.25) is 0 Å². The summed E-state index contributed by atoms with van der Waals surface area (Å²) >= 11 is 7.82. The minimum atomic E-state index is 0.788. The van der Waals surface area contributed by atoms with Crippen molar-refractivity contribution in [2.24, 2.45) is 0 Å². The van der Waals surface area contributed by atoms with Crippen LogP contribution in [0.3, 0.4) is 0 Å². The van der Waals surface area contributed by atoms with Crippen LogP contribution in [0, 0.1) is 6.92 Å². The molecule has 0 atom stereocenters. The molecule has 82 valence electrons. The predicted molar refractivity (Wildman–Crippen MR) is 73.4 cm³/mol. The van der Waals surface area contributed by atoms with Crippen molar-refractivity contribution in [3.05, 3.63) is 53.1 Å². The molecule has 0 fully saturated rings. The molecule has 0 N–H and O–H groups in total. The maximum Gasteiger partial charge on any atom is 0.0412 e. The third-order valence-electron chi connectivity index (χ3n) is 2.60. The van der Waals surface area contributed by atoms with Crippen LogP contribution >= 0.6 is 23.4 Å². The monoisotopic (exact) mass is 248 g/mol.